The third-order valence-corrected chi connectivity index (χ3v) is 9.39. The number of hydrogen-bond acceptors (Lipinski definition) is 7. The maximum atomic E-state index is 12.7. The van der Waals surface area contributed by atoms with Gasteiger partial charge in [0.25, 0.3) is 0 Å². The summed E-state index contributed by atoms with van der Waals surface area (Å²) in [5.41, 5.74) is 6.24. The average Bonchev–Trinajstić information content (AvgIpc) is 3.73. The standard InChI is InChI=1S/C24H27N5O7S.C13H12.C7H8/c30-19-7-8-20(31)28-17(11-16-2-1-9-37-16)23(34)26-12-21(32)25-13-22(33)29-18(24(35)36)10-14-3-5-15(27-19)6-4-14;1-11-7-9-13(10-8-11)12-5-3-2-4-6-12;1-7-5-3-2-4-6-7/h1-6,9,17-18H,7-8,10-13H2,(H,25,32)(H,26,34)(H,27,30)(H,28,31)(H,29,33)(H,35,36);2-10H,1H3;2-6H,1H3/t17-,18+;;/m1../s1. The molecule has 7 rings (SSSR count). The minimum atomic E-state index is -1.25. The van der Waals surface area contributed by atoms with Crippen molar-refractivity contribution >= 4 is 52.5 Å². The molecule has 5 amide bonds. The largest absolute Gasteiger partial charge is 0.480 e. The summed E-state index contributed by atoms with van der Waals surface area (Å²) >= 11 is 1.40. The second-order valence-corrected chi connectivity index (χ2v) is 14.2. The number of fused-ring (bicyclic) bond motifs is 18. The minimum Gasteiger partial charge on any atom is -0.480 e. The molecular weight excluding hydrogens is 743 g/mol. The fourth-order valence-electron chi connectivity index (χ4n) is 5.40. The Morgan fingerprint density at radius 1 is 0.632 bits per heavy atom. The van der Waals surface area contributed by atoms with Gasteiger partial charge in [0, 0.05) is 36.2 Å². The smallest absolute Gasteiger partial charge is 0.326 e. The van der Waals surface area contributed by atoms with E-state index in [1.54, 1.807) is 36.4 Å². The van der Waals surface area contributed by atoms with Crippen molar-refractivity contribution in [2.45, 2.75) is 51.6 Å². The first-order chi connectivity index (χ1) is 27.4. The summed E-state index contributed by atoms with van der Waals surface area (Å²) in [5.74, 6) is -4.17. The topological polar surface area (TPSA) is 183 Å². The number of carboxylic acids is 1. The molecule has 2 aliphatic rings. The zero-order valence-electron chi connectivity index (χ0n) is 31.8. The van der Waals surface area contributed by atoms with E-state index in [0.717, 1.165) is 4.88 Å². The molecule has 12 nitrogen and oxygen atoms in total. The Kier molecular flexibility index (Phi) is 17.2. The number of hydrogen-bond donors (Lipinski definition) is 6. The molecule has 296 valence electrons. The summed E-state index contributed by atoms with van der Waals surface area (Å²) in [6.07, 6.45) is -0.122. The molecule has 2 bridgehead atoms. The second-order valence-electron chi connectivity index (χ2n) is 13.2. The van der Waals surface area contributed by atoms with Crippen molar-refractivity contribution in [3.8, 4) is 11.1 Å². The lowest BCUT2D eigenvalue weighted by Gasteiger charge is -2.18. The number of anilines is 1. The fourth-order valence-corrected chi connectivity index (χ4v) is 6.16. The van der Waals surface area contributed by atoms with E-state index < -0.39 is 60.7 Å². The Morgan fingerprint density at radius 3 is 1.82 bits per heavy atom. The van der Waals surface area contributed by atoms with Gasteiger partial charge in [-0.25, -0.2) is 4.79 Å². The number of carbonyl (C=O) groups excluding carboxylic acids is 5. The van der Waals surface area contributed by atoms with Gasteiger partial charge in [0.1, 0.15) is 12.1 Å². The van der Waals surface area contributed by atoms with Crippen LogP contribution in [0.4, 0.5) is 5.69 Å². The molecule has 5 aromatic rings. The molecule has 57 heavy (non-hydrogen) atoms. The maximum Gasteiger partial charge on any atom is 0.326 e. The summed E-state index contributed by atoms with van der Waals surface area (Å²) in [6.45, 7) is 3.24. The summed E-state index contributed by atoms with van der Waals surface area (Å²) in [4.78, 5) is 74.4. The third kappa shape index (κ3) is 16.0. The Bertz CT molecular complexity index is 2060. The Balaban J connectivity index is 0.000000289. The quantitative estimate of drug-likeness (QED) is 0.135. The number of aliphatic carboxylic acids is 1. The molecule has 6 N–H and O–H groups in total. The number of amides is 5. The summed E-state index contributed by atoms with van der Waals surface area (Å²) in [5, 5.41) is 23.7. The van der Waals surface area contributed by atoms with E-state index in [9.17, 15) is 33.9 Å². The molecule has 0 aliphatic carbocycles. The van der Waals surface area contributed by atoms with Gasteiger partial charge < -0.3 is 31.7 Å². The van der Waals surface area contributed by atoms with Crippen LogP contribution in [0.1, 0.15) is 34.4 Å². The van der Waals surface area contributed by atoms with Gasteiger partial charge in [-0.15, -0.1) is 11.3 Å². The van der Waals surface area contributed by atoms with Crippen molar-refractivity contribution in [2.24, 2.45) is 0 Å². The first-order valence-electron chi connectivity index (χ1n) is 18.4. The van der Waals surface area contributed by atoms with E-state index in [2.05, 4.69) is 101 Å². The second kappa shape index (κ2) is 22.7. The number of thiophene rings is 1. The number of carboxylic acid groups (broad SMARTS) is 1. The number of rotatable bonds is 4. The number of carbonyl (C=O) groups is 6. The van der Waals surface area contributed by atoms with Crippen molar-refractivity contribution in [3.63, 3.8) is 0 Å². The highest BCUT2D eigenvalue weighted by molar-refractivity contribution is 7.09. The van der Waals surface area contributed by atoms with Crippen LogP contribution in [0.2, 0.25) is 0 Å². The van der Waals surface area contributed by atoms with Crippen LogP contribution in [0.15, 0.2) is 127 Å². The lowest BCUT2D eigenvalue weighted by atomic mass is 10.0. The SMILES string of the molecule is Cc1ccc(-c2ccccc2)cc1.Cc1ccccc1.O=C1CNC(=O)[C@@H](Cc2cccs2)NC(=O)CCC(=O)Nc2ccc(cc2)C[C@@H](C(=O)O)NC(=O)CN1. The van der Waals surface area contributed by atoms with E-state index in [-0.39, 0.29) is 25.7 Å². The van der Waals surface area contributed by atoms with Crippen LogP contribution in [0, 0.1) is 13.8 Å². The van der Waals surface area contributed by atoms with Crippen molar-refractivity contribution in [1.29, 1.82) is 0 Å². The van der Waals surface area contributed by atoms with Crippen LogP contribution < -0.4 is 26.6 Å². The van der Waals surface area contributed by atoms with Gasteiger partial charge in [0.15, 0.2) is 0 Å². The molecular formula is C44H47N5O7S. The highest BCUT2D eigenvalue weighted by atomic mass is 32.1. The van der Waals surface area contributed by atoms with E-state index in [4.69, 9.17) is 0 Å². The van der Waals surface area contributed by atoms with Gasteiger partial charge >= 0.3 is 5.97 Å². The van der Waals surface area contributed by atoms with Gasteiger partial charge in [-0.1, -0.05) is 114 Å². The lowest BCUT2D eigenvalue weighted by Crippen LogP contribution is -2.51. The van der Waals surface area contributed by atoms with E-state index >= 15 is 0 Å². The van der Waals surface area contributed by atoms with Gasteiger partial charge in [0.05, 0.1) is 13.1 Å². The summed E-state index contributed by atoms with van der Waals surface area (Å²) in [6, 6.07) is 37.1. The van der Waals surface area contributed by atoms with Crippen molar-refractivity contribution in [2.75, 3.05) is 18.4 Å². The van der Waals surface area contributed by atoms with Crippen LogP contribution in [-0.2, 0) is 41.6 Å². The van der Waals surface area contributed by atoms with E-state index in [1.165, 1.54) is 33.6 Å². The Morgan fingerprint density at radius 2 is 1.23 bits per heavy atom. The monoisotopic (exact) mass is 789 g/mol. The summed E-state index contributed by atoms with van der Waals surface area (Å²) in [7, 11) is 0. The molecule has 4 aromatic carbocycles. The van der Waals surface area contributed by atoms with Crippen LogP contribution in [-0.4, -0.2) is 65.8 Å². The number of aryl methyl sites for hydroxylation is 2. The molecule has 2 aliphatic heterocycles. The molecule has 0 fully saturated rings. The summed E-state index contributed by atoms with van der Waals surface area (Å²) < 4.78 is 0. The van der Waals surface area contributed by atoms with Crippen molar-refractivity contribution < 1.29 is 33.9 Å². The molecule has 0 saturated carbocycles. The molecule has 3 heterocycles. The fraction of sp³-hybridized carbons (Fsp3) is 0.227. The molecule has 13 heteroatoms. The van der Waals surface area contributed by atoms with Gasteiger partial charge in [-0.3, -0.25) is 24.0 Å². The molecule has 0 unspecified atom stereocenters. The first-order valence-corrected chi connectivity index (χ1v) is 19.2. The van der Waals surface area contributed by atoms with Crippen LogP contribution in [0.25, 0.3) is 11.1 Å². The number of benzene rings is 4. The van der Waals surface area contributed by atoms with E-state index in [0.29, 0.717) is 11.3 Å². The number of nitrogens with one attached hydrogen (secondary N) is 5. The Labute approximate surface area is 336 Å². The molecule has 0 spiro atoms. The van der Waals surface area contributed by atoms with Gasteiger partial charge in [-0.05, 0) is 54.1 Å². The van der Waals surface area contributed by atoms with Gasteiger partial charge in [-0.2, -0.15) is 0 Å². The third-order valence-electron chi connectivity index (χ3n) is 8.50. The van der Waals surface area contributed by atoms with Crippen LogP contribution in [0.5, 0.6) is 0 Å². The zero-order chi connectivity index (χ0) is 41.0. The zero-order valence-corrected chi connectivity index (χ0v) is 32.6. The Hall–Kier alpha value is -6.60. The predicted octanol–water partition coefficient (Wildman–Crippen LogP) is 5.21. The molecule has 1 aromatic heterocycles. The normalized spacial score (nSPS) is 16.6. The van der Waals surface area contributed by atoms with Crippen LogP contribution in [0.3, 0.4) is 0 Å². The predicted molar refractivity (Wildman–Crippen MR) is 221 cm³/mol. The average molecular weight is 790 g/mol. The van der Waals surface area contributed by atoms with Crippen molar-refractivity contribution in [1.82, 2.24) is 21.3 Å². The molecule has 0 saturated heterocycles. The van der Waals surface area contributed by atoms with Gasteiger partial charge in [0.2, 0.25) is 29.5 Å². The van der Waals surface area contributed by atoms with Crippen LogP contribution >= 0.6 is 11.3 Å². The minimum absolute atomic E-state index is 0.0227. The van der Waals surface area contributed by atoms with Crippen molar-refractivity contribution in [3.05, 3.63) is 148 Å². The van der Waals surface area contributed by atoms with E-state index in [1.807, 2.05) is 29.6 Å². The highest BCUT2D eigenvalue weighted by Gasteiger charge is 2.24. The molecule has 2 atom stereocenters. The lowest BCUT2D eigenvalue weighted by molar-refractivity contribution is -0.141. The first kappa shape index (κ1) is 43.1. The maximum absolute atomic E-state index is 12.7. The molecule has 0 radical (unpaired) electrons. The highest BCUT2D eigenvalue weighted by Crippen LogP contribution is 2.19.